The van der Waals surface area contributed by atoms with Crippen molar-refractivity contribution in [2.24, 2.45) is 28.1 Å². The smallest absolute Gasteiger partial charge is 0.226 e. The summed E-state index contributed by atoms with van der Waals surface area (Å²) in [5, 5.41) is 3.52. The van der Waals surface area contributed by atoms with Crippen LogP contribution in [0.4, 0.5) is 0 Å². The molecule has 0 radical (unpaired) electrons. The fourth-order valence-electron chi connectivity index (χ4n) is 7.55. The largest absolute Gasteiger partial charge is 0.353 e. The standard InChI is InChI=1S/C20H33NO/c1-14-6-4-5-7-16(14)21-17(22)20-10-15-8-18(2,12-20)11-19(3,9-15)13-20/h14-16H,4-13H2,1-3H3,(H,21,22)/t14-,15?,16-,18-,19+,20?/m1/s1. The zero-order chi connectivity index (χ0) is 15.6. The highest BCUT2D eigenvalue weighted by atomic mass is 16.2. The summed E-state index contributed by atoms with van der Waals surface area (Å²) < 4.78 is 0. The molecule has 0 aromatic rings. The number of nitrogens with one attached hydrogen (secondary N) is 1. The van der Waals surface area contributed by atoms with E-state index in [-0.39, 0.29) is 5.41 Å². The first-order valence-electron chi connectivity index (χ1n) is 9.63. The van der Waals surface area contributed by atoms with Crippen molar-refractivity contribution in [2.45, 2.75) is 91.0 Å². The van der Waals surface area contributed by atoms with Gasteiger partial charge in [0.1, 0.15) is 0 Å². The number of hydrogen-bond donors (Lipinski definition) is 1. The average Bonchev–Trinajstić information content (AvgIpc) is 2.37. The lowest BCUT2D eigenvalue weighted by atomic mass is 9.40. The minimum Gasteiger partial charge on any atom is -0.353 e. The van der Waals surface area contributed by atoms with Crippen LogP contribution < -0.4 is 5.32 Å². The van der Waals surface area contributed by atoms with Gasteiger partial charge in [0.25, 0.3) is 0 Å². The molecule has 4 bridgehead atoms. The molecule has 2 unspecified atom stereocenters. The van der Waals surface area contributed by atoms with Crippen LogP contribution in [-0.2, 0) is 4.79 Å². The van der Waals surface area contributed by atoms with Crippen molar-refractivity contribution in [1.82, 2.24) is 5.32 Å². The van der Waals surface area contributed by atoms with Crippen LogP contribution in [0.25, 0.3) is 0 Å². The van der Waals surface area contributed by atoms with E-state index >= 15 is 0 Å². The van der Waals surface area contributed by atoms with Gasteiger partial charge in [-0.2, -0.15) is 0 Å². The van der Waals surface area contributed by atoms with Crippen molar-refractivity contribution >= 4 is 5.91 Å². The van der Waals surface area contributed by atoms with Crippen molar-refractivity contribution in [1.29, 1.82) is 0 Å². The molecule has 5 saturated carbocycles. The van der Waals surface area contributed by atoms with Gasteiger partial charge in [-0.05, 0) is 74.0 Å². The quantitative estimate of drug-likeness (QED) is 0.788. The predicted molar refractivity (Wildman–Crippen MR) is 89.4 cm³/mol. The minimum atomic E-state index is -0.0277. The van der Waals surface area contributed by atoms with E-state index in [1.807, 2.05) is 0 Å². The van der Waals surface area contributed by atoms with E-state index in [1.54, 1.807) is 0 Å². The topological polar surface area (TPSA) is 29.1 Å². The van der Waals surface area contributed by atoms with Gasteiger partial charge in [0.05, 0.1) is 5.41 Å². The van der Waals surface area contributed by atoms with Gasteiger partial charge in [0, 0.05) is 6.04 Å². The number of amides is 1. The number of carbonyl (C=O) groups excluding carboxylic acids is 1. The molecule has 2 heteroatoms. The first kappa shape index (κ1) is 15.0. The number of rotatable bonds is 2. The first-order valence-corrected chi connectivity index (χ1v) is 9.63. The maximum atomic E-state index is 13.3. The molecule has 0 aromatic heterocycles. The summed E-state index contributed by atoms with van der Waals surface area (Å²) in [6.07, 6.45) is 12.7. The molecule has 0 aliphatic heterocycles. The normalized spacial score (nSPS) is 53.5. The maximum Gasteiger partial charge on any atom is 0.226 e. The summed E-state index contributed by atoms with van der Waals surface area (Å²) in [4.78, 5) is 13.3. The Hall–Kier alpha value is -0.530. The monoisotopic (exact) mass is 303 g/mol. The Labute approximate surface area is 135 Å². The fraction of sp³-hybridized carbons (Fsp3) is 0.950. The van der Waals surface area contributed by atoms with Crippen LogP contribution >= 0.6 is 0 Å². The summed E-state index contributed by atoms with van der Waals surface area (Å²) in [6, 6.07) is 0.440. The highest BCUT2D eigenvalue weighted by Gasteiger charge is 2.62. The molecule has 2 nitrogen and oxygen atoms in total. The second kappa shape index (κ2) is 4.74. The Balaban J connectivity index is 1.55. The van der Waals surface area contributed by atoms with E-state index in [1.165, 1.54) is 51.4 Å². The van der Waals surface area contributed by atoms with Gasteiger partial charge >= 0.3 is 0 Å². The third-order valence-electron chi connectivity index (χ3n) is 7.54. The molecule has 0 aromatic carbocycles. The molecule has 0 saturated heterocycles. The van der Waals surface area contributed by atoms with Gasteiger partial charge in [0.15, 0.2) is 0 Å². The van der Waals surface area contributed by atoms with Crippen molar-refractivity contribution < 1.29 is 4.79 Å². The molecule has 22 heavy (non-hydrogen) atoms. The van der Waals surface area contributed by atoms with Gasteiger partial charge in [-0.15, -0.1) is 0 Å². The Kier molecular flexibility index (Phi) is 3.24. The Morgan fingerprint density at radius 2 is 1.59 bits per heavy atom. The molecule has 1 amide bonds. The van der Waals surface area contributed by atoms with E-state index in [0.29, 0.717) is 28.7 Å². The SMILES string of the molecule is C[C@@H]1CCCC[C@H]1NC(=O)C12CC3C[C@@](C)(C1)C[C@](C)(C3)C2. The molecule has 124 valence electrons. The third-order valence-corrected chi connectivity index (χ3v) is 7.54. The average molecular weight is 303 g/mol. The molecule has 0 heterocycles. The lowest BCUT2D eigenvalue weighted by molar-refractivity contribution is -0.171. The van der Waals surface area contributed by atoms with Crippen LogP contribution in [0.15, 0.2) is 0 Å². The number of carbonyl (C=O) groups is 1. The van der Waals surface area contributed by atoms with E-state index in [4.69, 9.17) is 0 Å². The van der Waals surface area contributed by atoms with E-state index in [9.17, 15) is 4.79 Å². The summed E-state index contributed by atoms with van der Waals surface area (Å²) in [6.45, 7) is 7.24. The fourth-order valence-corrected chi connectivity index (χ4v) is 7.55. The zero-order valence-corrected chi connectivity index (χ0v) is 14.7. The second-order valence-electron chi connectivity index (χ2n) is 10.3. The molecular formula is C20H33NO. The first-order chi connectivity index (χ1) is 10.3. The Morgan fingerprint density at radius 3 is 2.18 bits per heavy atom. The summed E-state index contributed by atoms with van der Waals surface area (Å²) in [5.74, 6) is 1.89. The third kappa shape index (κ3) is 2.32. The molecule has 1 N–H and O–H groups in total. The molecule has 5 rings (SSSR count). The van der Waals surface area contributed by atoms with E-state index in [0.717, 1.165) is 18.8 Å². The Morgan fingerprint density at radius 1 is 0.955 bits per heavy atom. The molecule has 5 aliphatic carbocycles. The minimum absolute atomic E-state index is 0.0277. The van der Waals surface area contributed by atoms with Crippen LogP contribution in [0.2, 0.25) is 0 Å². The van der Waals surface area contributed by atoms with Gasteiger partial charge in [-0.3, -0.25) is 4.79 Å². The molecular weight excluding hydrogens is 270 g/mol. The highest BCUT2D eigenvalue weighted by Crippen LogP contribution is 2.69. The van der Waals surface area contributed by atoms with Crippen LogP contribution in [0.3, 0.4) is 0 Å². The van der Waals surface area contributed by atoms with E-state index in [2.05, 4.69) is 26.1 Å². The summed E-state index contributed by atoms with van der Waals surface area (Å²) in [5.41, 5.74) is 0.841. The van der Waals surface area contributed by atoms with Gasteiger partial charge < -0.3 is 5.32 Å². The predicted octanol–water partition coefficient (Wildman–Crippen LogP) is 4.68. The maximum absolute atomic E-state index is 13.3. The molecule has 5 fully saturated rings. The van der Waals surface area contributed by atoms with Gasteiger partial charge in [-0.25, -0.2) is 0 Å². The van der Waals surface area contributed by atoms with Gasteiger partial charge in [0.2, 0.25) is 5.91 Å². The lowest BCUT2D eigenvalue weighted by Crippen LogP contribution is -2.61. The van der Waals surface area contributed by atoms with Crippen molar-refractivity contribution in [3.05, 3.63) is 0 Å². The molecule has 5 aliphatic rings. The van der Waals surface area contributed by atoms with Crippen LogP contribution in [0.5, 0.6) is 0 Å². The summed E-state index contributed by atoms with van der Waals surface area (Å²) in [7, 11) is 0. The van der Waals surface area contributed by atoms with E-state index < -0.39 is 0 Å². The highest BCUT2D eigenvalue weighted by molar-refractivity contribution is 5.83. The molecule has 6 atom stereocenters. The van der Waals surface area contributed by atoms with Crippen molar-refractivity contribution in [2.75, 3.05) is 0 Å². The lowest BCUT2D eigenvalue weighted by Gasteiger charge is -2.64. The molecule has 0 spiro atoms. The van der Waals surface area contributed by atoms with Crippen LogP contribution in [0.1, 0.15) is 85.0 Å². The van der Waals surface area contributed by atoms with Crippen molar-refractivity contribution in [3.63, 3.8) is 0 Å². The zero-order valence-electron chi connectivity index (χ0n) is 14.7. The Bertz CT molecular complexity index is 466. The second-order valence-corrected chi connectivity index (χ2v) is 10.3. The van der Waals surface area contributed by atoms with Crippen molar-refractivity contribution in [3.8, 4) is 0 Å². The summed E-state index contributed by atoms with van der Waals surface area (Å²) >= 11 is 0. The van der Waals surface area contributed by atoms with Crippen LogP contribution in [-0.4, -0.2) is 11.9 Å². The van der Waals surface area contributed by atoms with Gasteiger partial charge in [-0.1, -0.05) is 33.6 Å². The van der Waals surface area contributed by atoms with Crippen LogP contribution in [0, 0.1) is 28.1 Å². The number of hydrogen-bond acceptors (Lipinski definition) is 1.